The largest absolute Gasteiger partial charge is 0.336 e. The molecule has 0 radical (unpaired) electrons. The molecule has 3 rings (SSSR count). The molecule has 1 fully saturated rings. The Morgan fingerprint density at radius 3 is 2.79 bits per heavy atom. The van der Waals surface area contributed by atoms with E-state index in [1.807, 2.05) is 34.9 Å². The zero-order valence-electron chi connectivity index (χ0n) is 13.0. The summed E-state index contributed by atoms with van der Waals surface area (Å²) in [4.78, 5) is 24.9. The van der Waals surface area contributed by atoms with Gasteiger partial charge in [0.2, 0.25) is 5.91 Å². The van der Waals surface area contributed by atoms with Crippen molar-refractivity contribution >= 4 is 23.7 Å². The minimum Gasteiger partial charge on any atom is -0.336 e. The molecule has 1 aliphatic heterocycles. The first-order valence-electron chi connectivity index (χ1n) is 7.51. The first-order chi connectivity index (χ1) is 11.7. The van der Waals surface area contributed by atoms with Crippen molar-refractivity contribution in [1.82, 2.24) is 25.0 Å². The number of nitrogens with one attached hydrogen (secondary N) is 1. The number of urea groups is 1. The van der Waals surface area contributed by atoms with Gasteiger partial charge in [-0.1, -0.05) is 48.2 Å². The van der Waals surface area contributed by atoms with Crippen LogP contribution in [0.25, 0.3) is 11.4 Å². The predicted octanol–water partition coefficient (Wildman–Crippen LogP) is 1.78. The van der Waals surface area contributed by atoms with Gasteiger partial charge < -0.3 is 5.32 Å². The number of carbonyl (C=O) groups is 2. The molecule has 124 valence electrons. The molecule has 3 amide bonds. The summed E-state index contributed by atoms with van der Waals surface area (Å²) in [5.41, 5.74) is 0.948. The Morgan fingerprint density at radius 1 is 1.33 bits per heavy atom. The fraction of sp³-hybridized carbons (Fsp3) is 0.250. The number of amides is 3. The first kappa shape index (κ1) is 16.3. The third-order valence-electron chi connectivity index (χ3n) is 3.54. The average molecular weight is 343 g/mol. The number of carbonyl (C=O) groups excluding carboxylic acids is 2. The van der Waals surface area contributed by atoms with Crippen molar-refractivity contribution in [2.24, 2.45) is 0 Å². The van der Waals surface area contributed by atoms with Crippen molar-refractivity contribution in [1.29, 1.82) is 0 Å². The highest BCUT2D eigenvalue weighted by molar-refractivity contribution is 7.99. The third kappa shape index (κ3) is 3.33. The van der Waals surface area contributed by atoms with Crippen molar-refractivity contribution in [3.8, 4) is 11.4 Å². The molecule has 0 spiro atoms. The quantitative estimate of drug-likeness (QED) is 0.639. The van der Waals surface area contributed by atoms with Crippen LogP contribution in [0.5, 0.6) is 0 Å². The second-order valence-electron chi connectivity index (χ2n) is 5.14. The molecule has 0 saturated carbocycles. The maximum absolute atomic E-state index is 12.1. The maximum Gasteiger partial charge on any atom is 0.324 e. The molecule has 0 bridgehead atoms. The Labute approximate surface area is 143 Å². The van der Waals surface area contributed by atoms with Gasteiger partial charge in [0, 0.05) is 25.2 Å². The summed E-state index contributed by atoms with van der Waals surface area (Å²) in [6.07, 6.45) is 1.76. The maximum atomic E-state index is 12.1. The number of imide groups is 1. The highest BCUT2D eigenvalue weighted by atomic mass is 32.2. The van der Waals surface area contributed by atoms with Crippen molar-refractivity contribution < 1.29 is 9.59 Å². The molecule has 1 saturated heterocycles. The molecule has 1 aromatic carbocycles. The minimum atomic E-state index is -0.335. The molecule has 8 heteroatoms. The van der Waals surface area contributed by atoms with Crippen molar-refractivity contribution in [3.05, 3.63) is 43.0 Å². The molecule has 1 N–H and O–H groups in total. The van der Waals surface area contributed by atoms with Gasteiger partial charge in [-0.2, -0.15) is 0 Å². The topological polar surface area (TPSA) is 80.1 Å². The monoisotopic (exact) mass is 343 g/mol. The molecule has 7 nitrogen and oxygen atoms in total. The minimum absolute atomic E-state index is 0.136. The Balaban J connectivity index is 1.76. The summed E-state index contributed by atoms with van der Waals surface area (Å²) < 4.78 is 1.91. The zero-order valence-corrected chi connectivity index (χ0v) is 13.8. The van der Waals surface area contributed by atoms with Gasteiger partial charge in [-0.3, -0.25) is 14.3 Å². The lowest BCUT2D eigenvalue weighted by atomic mass is 10.2. The summed E-state index contributed by atoms with van der Waals surface area (Å²) >= 11 is 1.27. The summed E-state index contributed by atoms with van der Waals surface area (Å²) in [5, 5.41) is 11.7. The summed E-state index contributed by atoms with van der Waals surface area (Å²) in [7, 11) is 0. The fourth-order valence-corrected chi connectivity index (χ4v) is 3.23. The zero-order chi connectivity index (χ0) is 16.9. The number of hydrogen-bond donors (Lipinski definition) is 1. The number of aromatic nitrogens is 3. The van der Waals surface area contributed by atoms with Crippen LogP contribution in [0.2, 0.25) is 0 Å². The second kappa shape index (κ2) is 7.31. The van der Waals surface area contributed by atoms with E-state index in [0.717, 1.165) is 11.4 Å². The third-order valence-corrected chi connectivity index (χ3v) is 4.49. The van der Waals surface area contributed by atoms with Crippen LogP contribution in [0.4, 0.5) is 4.79 Å². The van der Waals surface area contributed by atoms with Crippen LogP contribution in [-0.2, 0) is 11.3 Å². The first-order valence-corrected chi connectivity index (χ1v) is 8.50. The van der Waals surface area contributed by atoms with Gasteiger partial charge in [0.25, 0.3) is 0 Å². The molecule has 1 aromatic heterocycles. The van der Waals surface area contributed by atoms with Gasteiger partial charge in [0.05, 0.1) is 5.75 Å². The smallest absolute Gasteiger partial charge is 0.324 e. The Hall–Kier alpha value is -2.61. The Kier molecular flexibility index (Phi) is 4.95. The van der Waals surface area contributed by atoms with Crippen LogP contribution in [0.3, 0.4) is 0 Å². The number of nitrogens with zero attached hydrogens (tertiary/aromatic N) is 4. The molecular formula is C16H17N5O2S. The number of thioether (sulfide) groups is 1. The predicted molar refractivity (Wildman–Crippen MR) is 91.5 cm³/mol. The van der Waals surface area contributed by atoms with Crippen LogP contribution in [0.1, 0.15) is 0 Å². The van der Waals surface area contributed by atoms with Crippen molar-refractivity contribution in [3.63, 3.8) is 0 Å². The SMILES string of the molecule is C=CCn1c(SCC(=O)N2CCNC2=O)nnc1-c1ccccc1. The van der Waals surface area contributed by atoms with Gasteiger partial charge in [-0.05, 0) is 0 Å². The summed E-state index contributed by atoms with van der Waals surface area (Å²) in [6, 6.07) is 9.39. The van der Waals surface area contributed by atoms with Gasteiger partial charge >= 0.3 is 6.03 Å². The van der Waals surface area contributed by atoms with Crippen LogP contribution in [0.15, 0.2) is 48.1 Å². The van der Waals surface area contributed by atoms with E-state index in [2.05, 4.69) is 22.1 Å². The van der Waals surface area contributed by atoms with Crippen LogP contribution in [0, 0.1) is 0 Å². The fourth-order valence-electron chi connectivity index (χ4n) is 2.40. The molecule has 0 atom stereocenters. The van der Waals surface area contributed by atoms with Crippen LogP contribution < -0.4 is 5.32 Å². The van der Waals surface area contributed by atoms with E-state index in [1.54, 1.807) is 6.08 Å². The van der Waals surface area contributed by atoms with Gasteiger partial charge in [-0.15, -0.1) is 16.8 Å². The van der Waals surface area contributed by atoms with Crippen LogP contribution in [-0.4, -0.2) is 50.4 Å². The molecule has 0 aliphatic carbocycles. The molecule has 2 heterocycles. The molecule has 1 aliphatic rings. The summed E-state index contributed by atoms with van der Waals surface area (Å²) in [6.45, 7) is 5.22. The molecule has 24 heavy (non-hydrogen) atoms. The van der Waals surface area contributed by atoms with E-state index in [1.165, 1.54) is 16.7 Å². The lowest BCUT2D eigenvalue weighted by Gasteiger charge is -2.12. The van der Waals surface area contributed by atoms with Crippen molar-refractivity contribution in [2.75, 3.05) is 18.8 Å². The van der Waals surface area contributed by atoms with Gasteiger partial charge in [0.1, 0.15) is 0 Å². The molecule has 0 unspecified atom stereocenters. The van der Waals surface area contributed by atoms with E-state index >= 15 is 0 Å². The van der Waals surface area contributed by atoms with E-state index in [9.17, 15) is 9.59 Å². The van der Waals surface area contributed by atoms with E-state index in [0.29, 0.717) is 24.8 Å². The number of rotatable bonds is 6. The second-order valence-corrected chi connectivity index (χ2v) is 6.08. The Bertz CT molecular complexity index is 759. The lowest BCUT2D eigenvalue weighted by molar-refractivity contribution is -0.124. The van der Waals surface area contributed by atoms with Gasteiger partial charge in [0.15, 0.2) is 11.0 Å². The van der Waals surface area contributed by atoms with E-state index in [4.69, 9.17) is 0 Å². The number of allylic oxidation sites excluding steroid dienone is 1. The normalized spacial score (nSPS) is 13.8. The van der Waals surface area contributed by atoms with E-state index in [-0.39, 0.29) is 17.7 Å². The van der Waals surface area contributed by atoms with Gasteiger partial charge in [-0.25, -0.2) is 4.79 Å². The average Bonchev–Trinajstić information content (AvgIpc) is 3.20. The van der Waals surface area contributed by atoms with Crippen LogP contribution >= 0.6 is 11.8 Å². The summed E-state index contributed by atoms with van der Waals surface area (Å²) in [5.74, 6) is 0.631. The molecular weight excluding hydrogens is 326 g/mol. The highest BCUT2D eigenvalue weighted by Crippen LogP contribution is 2.24. The number of hydrogen-bond acceptors (Lipinski definition) is 5. The Morgan fingerprint density at radius 2 is 2.12 bits per heavy atom. The van der Waals surface area contributed by atoms with Crippen molar-refractivity contribution in [2.45, 2.75) is 11.7 Å². The molecule has 2 aromatic rings. The highest BCUT2D eigenvalue weighted by Gasteiger charge is 2.26. The van der Waals surface area contributed by atoms with E-state index < -0.39 is 0 Å². The standard InChI is InChI=1S/C16H17N5O2S/c1-2-9-21-14(12-6-4-3-5-7-12)18-19-16(21)24-11-13(22)20-10-8-17-15(20)23/h2-7H,1,8-11H2,(H,17,23). The lowest BCUT2D eigenvalue weighted by Crippen LogP contribution is -2.35. The number of benzene rings is 1.